The van der Waals surface area contributed by atoms with Crippen molar-refractivity contribution in [3.8, 4) is 0 Å². The van der Waals surface area contributed by atoms with Gasteiger partial charge in [0.05, 0.1) is 0 Å². The van der Waals surface area contributed by atoms with Crippen molar-refractivity contribution in [1.29, 1.82) is 0 Å². The Kier molecular flexibility index (Phi) is 25.0. The van der Waals surface area contributed by atoms with E-state index in [1.54, 1.807) is 0 Å². The number of esters is 1. The topological polar surface area (TPSA) is 78.9 Å². The van der Waals surface area contributed by atoms with E-state index >= 15 is 0 Å². The van der Waals surface area contributed by atoms with Crippen LogP contribution in [0.2, 0.25) is 0 Å². The fourth-order valence-electron chi connectivity index (χ4n) is 5.76. The maximum absolute atomic E-state index is 13.6. The standard InChI is InChI=1S/C33H69O6PS/c1-6-11-16-20-21-23-28-38-41(35,36)39-40(29-24-17-12-7-2,30-25-18-13-8-3,31-26-19-14-9-4)32-33(34)37-27-22-15-10-5/h6-32H2,1-5H3. The summed E-state index contributed by atoms with van der Waals surface area (Å²) < 4.78 is 44.9. The van der Waals surface area contributed by atoms with Crippen molar-refractivity contribution in [3.05, 3.63) is 0 Å². The van der Waals surface area contributed by atoms with E-state index in [1.807, 2.05) is 0 Å². The fourth-order valence-corrected chi connectivity index (χ4v) is 14.4. The number of hydrogen-bond donors (Lipinski definition) is 0. The van der Waals surface area contributed by atoms with Gasteiger partial charge in [0.2, 0.25) is 0 Å². The van der Waals surface area contributed by atoms with Crippen molar-refractivity contribution < 1.29 is 26.1 Å². The molecule has 0 aromatic carbocycles. The summed E-state index contributed by atoms with van der Waals surface area (Å²) in [6, 6.07) is 0. The molecule has 0 aromatic rings. The second-order valence-corrected chi connectivity index (χ2v) is 19.4. The van der Waals surface area contributed by atoms with Crippen molar-refractivity contribution in [2.45, 2.75) is 169 Å². The Hall–Kier alpha value is -0.230. The maximum atomic E-state index is 13.6. The second kappa shape index (κ2) is 25.1. The Labute approximate surface area is 256 Å². The summed E-state index contributed by atoms with van der Waals surface area (Å²) in [4.78, 5) is 13.5. The third-order valence-corrected chi connectivity index (χ3v) is 16.6. The van der Waals surface area contributed by atoms with E-state index in [0.717, 1.165) is 109 Å². The van der Waals surface area contributed by atoms with Gasteiger partial charge in [-0.05, 0) is 0 Å². The van der Waals surface area contributed by atoms with Crippen LogP contribution in [-0.2, 0) is 28.1 Å². The average molecular weight is 625 g/mol. The number of carbonyl (C=O) groups excluding carboxylic acids is 1. The molecule has 0 bridgehead atoms. The van der Waals surface area contributed by atoms with Gasteiger partial charge in [-0.25, -0.2) is 0 Å². The van der Waals surface area contributed by atoms with Crippen LogP contribution in [0.4, 0.5) is 0 Å². The molecule has 0 atom stereocenters. The van der Waals surface area contributed by atoms with Crippen LogP contribution in [0.5, 0.6) is 0 Å². The van der Waals surface area contributed by atoms with Gasteiger partial charge in [-0.1, -0.05) is 0 Å². The Morgan fingerprint density at radius 3 is 1.34 bits per heavy atom. The first kappa shape index (κ1) is 40.8. The predicted molar refractivity (Wildman–Crippen MR) is 179 cm³/mol. The molecule has 248 valence electrons. The molecule has 0 aliphatic rings. The van der Waals surface area contributed by atoms with Crippen LogP contribution < -0.4 is 0 Å². The van der Waals surface area contributed by atoms with E-state index < -0.39 is 17.2 Å². The number of unbranched alkanes of at least 4 members (excludes halogenated alkanes) is 16. The number of hydrogen-bond acceptors (Lipinski definition) is 6. The molecule has 0 rings (SSSR count). The Bertz CT molecular complexity index is 693. The van der Waals surface area contributed by atoms with Gasteiger partial charge in [-0.15, -0.1) is 0 Å². The number of carbonyl (C=O) groups is 1. The van der Waals surface area contributed by atoms with Gasteiger partial charge in [0.15, 0.2) is 0 Å². The molecule has 0 saturated carbocycles. The molecule has 0 radical (unpaired) electrons. The molecule has 8 heteroatoms. The van der Waals surface area contributed by atoms with Crippen molar-refractivity contribution in [2.75, 3.05) is 37.9 Å². The molecule has 6 nitrogen and oxygen atoms in total. The summed E-state index contributed by atoms with van der Waals surface area (Å²) in [6.45, 7) is 7.84. The first-order chi connectivity index (χ1) is 19.7. The van der Waals surface area contributed by atoms with Gasteiger partial charge in [0.25, 0.3) is 0 Å². The zero-order chi connectivity index (χ0) is 30.7. The van der Waals surface area contributed by atoms with Crippen molar-refractivity contribution in [1.82, 2.24) is 0 Å². The van der Waals surface area contributed by atoms with Gasteiger partial charge >= 0.3 is 257 Å². The van der Waals surface area contributed by atoms with E-state index in [4.69, 9.17) is 12.9 Å². The van der Waals surface area contributed by atoms with E-state index in [2.05, 4.69) is 34.6 Å². The van der Waals surface area contributed by atoms with Gasteiger partial charge in [-0.3, -0.25) is 0 Å². The van der Waals surface area contributed by atoms with Crippen molar-refractivity contribution in [3.63, 3.8) is 0 Å². The van der Waals surface area contributed by atoms with E-state index in [-0.39, 0.29) is 18.7 Å². The average Bonchev–Trinajstić information content (AvgIpc) is 2.93. The quantitative estimate of drug-likeness (QED) is 0.0434. The van der Waals surface area contributed by atoms with Crippen LogP contribution in [0.25, 0.3) is 0 Å². The fraction of sp³-hybridized carbons (Fsp3) is 0.970. The molecule has 0 aliphatic carbocycles. The molecule has 0 N–H and O–H groups in total. The third kappa shape index (κ3) is 20.4. The predicted octanol–water partition coefficient (Wildman–Crippen LogP) is 10.6. The minimum absolute atomic E-state index is 0.0989. The summed E-state index contributed by atoms with van der Waals surface area (Å²) in [7, 11) is -4.25. The van der Waals surface area contributed by atoms with E-state index in [1.165, 1.54) is 19.3 Å². The summed E-state index contributed by atoms with van der Waals surface area (Å²) in [5.74, 6) is -0.286. The Morgan fingerprint density at radius 1 is 0.512 bits per heavy atom. The molecule has 0 aliphatic heterocycles. The number of rotatable bonds is 31. The molecule has 0 unspecified atom stereocenters. The van der Waals surface area contributed by atoms with Crippen LogP contribution >= 0.6 is 6.83 Å². The second-order valence-electron chi connectivity index (χ2n) is 12.4. The first-order valence-electron chi connectivity index (χ1n) is 17.5. The van der Waals surface area contributed by atoms with Crippen LogP contribution in [0, 0.1) is 0 Å². The van der Waals surface area contributed by atoms with E-state index in [9.17, 15) is 13.2 Å². The summed E-state index contributed by atoms with van der Waals surface area (Å²) in [5, 5.41) is 0. The van der Waals surface area contributed by atoms with Crippen LogP contribution in [0.15, 0.2) is 0 Å². The van der Waals surface area contributed by atoms with Crippen LogP contribution in [-0.4, -0.2) is 52.2 Å². The summed E-state index contributed by atoms with van der Waals surface area (Å²) >= 11 is 0. The Morgan fingerprint density at radius 2 is 0.878 bits per heavy atom. The van der Waals surface area contributed by atoms with Crippen molar-refractivity contribution in [2.24, 2.45) is 0 Å². The van der Waals surface area contributed by atoms with Crippen LogP contribution in [0.3, 0.4) is 0 Å². The zero-order valence-corrected chi connectivity index (χ0v) is 29.6. The molecule has 0 spiro atoms. The number of ether oxygens (including phenoxy) is 1. The first-order valence-corrected chi connectivity index (χ1v) is 21.7. The van der Waals surface area contributed by atoms with Crippen LogP contribution in [0.1, 0.15) is 169 Å². The molecular weight excluding hydrogens is 555 g/mol. The molecule has 41 heavy (non-hydrogen) atoms. The van der Waals surface area contributed by atoms with Gasteiger partial charge in [-0.2, -0.15) is 0 Å². The molecule has 0 amide bonds. The zero-order valence-electron chi connectivity index (χ0n) is 27.9. The van der Waals surface area contributed by atoms with Crippen molar-refractivity contribution >= 4 is 23.2 Å². The molecular formula is C33H69O6PS. The normalized spacial score (nSPS) is 13.2. The van der Waals surface area contributed by atoms with Gasteiger partial charge in [0.1, 0.15) is 0 Å². The molecule has 0 fully saturated rings. The minimum atomic E-state index is -4.25. The van der Waals surface area contributed by atoms with Gasteiger partial charge in [0, 0.05) is 0 Å². The van der Waals surface area contributed by atoms with Gasteiger partial charge < -0.3 is 0 Å². The SMILES string of the molecule is CCCCCCCCOS(=O)(=O)OP(CCCCCC)(CCCCCC)(CCCCCC)CC(=O)OCCCCC. The molecule has 0 aromatic heterocycles. The molecule has 0 saturated heterocycles. The monoisotopic (exact) mass is 624 g/mol. The third-order valence-electron chi connectivity index (χ3n) is 8.30. The Balaban J connectivity index is 6.15. The van der Waals surface area contributed by atoms with E-state index in [0.29, 0.717) is 31.5 Å². The molecule has 0 heterocycles. The summed E-state index contributed by atoms with van der Waals surface area (Å²) in [5.41, 5.74) is 0. The summed E-state index contributed by atoms with van der Waals surface area (Å²) in [6.07, 6.45) is 23.6.